The summed E-state index contributed by atoms with van der Waals surface area (Å²) in [4.78, 5) is 4.86. The number of hydrogen-bond acceptors (Lipinski definition) is 3. The molecule has 1 fully saturated rings. The zero-order valence-electron chi connectivity index (χ0n) is 15.7. The number of nitrogens with zero attached hydrogens (tertiary/aromatic N) is 2. The molecular weight excluding hydrogens is 392 g/mol. The molecule has 2 N–H and O–H groups in total. The van der Waals surface area contributed by atoms with Gasteiger partial charge in [0.2, 0.25) is 0 Å². The topological polar surface area (TPSA) is 62.5 Å². The third-order valence-corrected chi connectivity index (χ3v) is 5.52. The van der Waals surface area contributed by atoms with E-state index in [0.29, 0.717) is 0 Å². The average Bonchev–Trinajstić information content (AvgIpc) is 3.35. The van der Waals surface area contributed by atoms with Crippen LogP contribution in [0.5, 0.6) is 0 Å². The summed E-state index contributed by atoms with van der Waals surface area (Å²) in [7, 11) is 0. The largest absolute Gasteiger partial charge is 0.361 e. The molecule has 1 saturated carbocycles. The van der Waals surface area contributed by atoms with Crippen LogP contribution >= 0.6 is 15.9 Å². The van der Waals surface area contributed by atoms with Crippen LogP contribution in [0.2, 0.25) is 0 Å². The molecule has 0 spiro atoms. The van der Waals surface area contributed by atoms with E-state index in [4.69, 9.17) is 9.52 Å². The van der Waals surface area contributed by atoms with E-state index >= 15 is 0 Å². The smallest absolute Gasteiger partial charge is 0.191 e. The van der Waals surface area contributed by atoms with Gasteiger partial charge in [0.15, 0.2) is 5.96 Å². The Kier molecular flexibility index (Phi) is 6.01. The second kappa shape index (κ2) is 8.25. The highest BCUT2D eigenvalue weighted by Crippen LogP contribution is 2.48. The van der Waals surface area contributed by atoms with Crippen LogP contribution in [0.25, 0.3) is 0 Å². The summed E-state index contributed by atoms with van der Waals surface area (Å²) >= 11 is 3.58. The number of hydrogen-bond donors (Lipinski definition) is 2. The third kappa shape index (κ3) is 4.47. The molecule has 0 saturated heterocycles. The van der Waals surface area contributed by atoms with E-state index in [1.807, 2.05) is 13.8 Å². The molecule has 140 valence electrons. The molecule has 1 aromatic carbocycles. The number of benzene rings is 1. The van der Waals surface area contributed by atoms with Gasteiger partial charge in [0.05, 0.1) is 12.2 Å². The van der Waals surface area contributed by atoms with Gasteiger partial charge >= 0.3 is 0 Å². The van der Waals surface area contributed by atoms with Gasteiger partial charge in [-0.15, -0.1) is 0 Å². The molecule has 0 bridgehead atoms. The number of aryl methyl sites for hydroxylation is 2. The van der Waals surface area contributed by atoms with E-state index in [1.165, 1.54) is 24.0 Å². The molecule has 0 atom stereocenters. The van der Waals surface area contributed by atoms with Crippen molar-refractivity contribution < 1.29 is 4.52 Å². The van der Waals surface area contributed by atoms with Crippen molar-refractivity contribution in [1.29, 1.82) is 0 Å². The van der Waals surface area contributed by atoms with Crippen molar-refractivity contribution in [2.24, 2.45) is 4.99 Å². The number of guanidine groups is 1. The van der Waals surface area contributed by atoms with Crippen LogP contribution in [0.1, 0.15) is 42.3 Å². The Morgan fingerprint density at radius 2 is 2.12 bits per heavy atom. The van der Waals surface area contributed by atoms with Crippen molar-refractivity contribution >= 4 is 21.9 Å². The fraction of sp³-hybridized carbons (Fsp3) is 0.500. The molecular formula is C20H27BrN4O. The zero-order chi connectivity index (χ0) is 18.6. The maximum atomic E-state index is 5.23. The first kappa shape index (κ1) is 19.0. The summed E-state index contributed by atoms with van der Waals surface area (Å²) in [6, 6.07) is 8.62. The van der Waals surface area contributed by atoms with Crippen molar-refractivity contribution in [3.8, 4) is 0 Å². The molecule has 26 heavy (non-hydrogen) atoms. The Labute approximate surface area is 163 Å². The van der Waals surface area contributed by atoms with E-state index in [-0.39, 0.29) is 5.41 Å². The lowest BCUT2D eigenvalue weighted by Crippen LogP contribution is -2.39. The fourth-order valence-electron chi connectivity index (χ4n) is 3.24. The predicted molar refractivity (Wildman–Crippen MR) is 109 cm³/mol. The second-order valence-electron chi connectivity index (χ2n) is 6.97. The highest BCUT2D eigenvalue weighted by atomic mass is 79.9. The molecule has 5 nitrogen and oxygen atoms in total. The first-order chi connectivity index (χ1) is 12.5. The first-order valence-electron chi connectivity index (χ1n) is 9.24. The number of halogens is 1. The van der Waals surface area contributed by atoms with Gasteiger partial charge in [0.1, 0.15) is 5.76 Å². The molecule has 1 aromatic heterocycles. The van der Waals surface area contributed by atoms with Gasteiger partial charge in [-0.3, -0.25) is 4.99 Å². The summed E-state index contributed by atoms with van der Waals surface area (Å²) in [5.41, 5.74) is 3.73. The molecule has 3 rings (SSSR count). The lowest BCUT2D eigenvalue weighted by Gasteiger charge is -2.16. The van der Waals surface area contributed by atoms with Crippen molar-refractivity contribution in [3.63, 3.8) is 0 Å². The van der Waals surface area contributed by atoms with Crippen molar-refractivity contribution in [2.45, 2.75) is 45.4 Å². The van der Waals surface area contributed by atoms with Gasteiger partial charge in [-0.2, -0.15) is 0 Å². The van der Waals surface area contributed by atoms with E-state index in [1.54, 1.807) is 0 Å². The number of aliphatic imine (C=N–C) groups is 1. The van der Waals surface area contributed by atoms with Gasteiger partial charge in [-0.1, -0.05) is 33.2 Å². The average molecular weight is 419 g/mol. The van der Waals surface area contributed by atoms with Crippen LogP contribution in [0.15, 0.2) is 38.3 Å². The first-order valence-corrected chi connectivity index (χ1v) is 10.0. The van der Waals surface area contributed by atoms with Crippen molar-refractivity contribution in [3.05, 3.63) is 51.3 Å². The SMILES string of the molecule is CCNC(=NCC1(c2cccc(Br)c2)CC1)NCCc1c(C)noc1C. The van der Waals surface area contributed by atoms with Crippen LogP contribution in [0, 0.1) is 13.8 Å². The lowest BCUT2D eigenvalue weighted by molar-refractivity contribution is 0.392. The fourth-order valence-corrected chi connectivity index (χ4v) is 3.64. The van der Waals surface area contributed by atoms with E-state index < -0.39 is 0 Å². The summed E-state index contributed by atoms with van der Waals surface area (Å²) in [5.74, 6) is 1.78. The summed E-state index contributed by atoms with van der Waals surface area (Å²) < 4.78 is 6.37. The van der Waals surface area contributed by atoms with Gasteiger partial charge in [0, 0.05) is 28.5 Å². The molecule has 0 radical (unpaired) electrons. The molecule has 6 heteroatoms. The zero-order valence-corrected chi connectivity index (χ0v) is 17.3. The molecule has 2 aromatic rings. The molecule has 1 aliphatic carbocycles. The maximum absolute atomic E-state index is 5.23. The van der Waals surface area contributed by atoms with E-state index in [9.17, 15) is 0 Å². The Balaban J connectivity index is 1.60. The molecule has 0 aliphatic heterocycles. The molecule has 0 unspecified atom stereocenters. The van der Waals surface area contributed by atoms with E-state index in [2.05, 4.69) is 62.9 Å². The van der Waals surface area contributed by atoms with Crippen LogP contribution in [-0.2, 0) is 11.8 Å². The minimum Gasteiger partial charge on any atom is -0.361 e. The standard InChI is InChI=1S/C20H27BrN4O/c1-4-22-19(23-11-8-18-14(2)25-26-15(18)3)24-13-20(9-10-20)16-6-5-7-17(21)12-16/h5-7,12H,4,8-11,13H2,1-3H3,(H2,22,23,24). The maximum Gasteiger partial charge on any atom is 0.191 e. The summed E-state index contributed by atoms with van der Waals surface area (Å²) in [5, 5.41) is 10.8. The Hall–Kier alpha value is -1.82. The van der Waals surface area contributed by atoms with Gasteiger partial charge in [-0.25, -0.2) is 0 Å². The van der Waals surface area contributed by atoms with Crippen molar-refractivity contribution in [1.82, 2.24) is 15.8 Å². The monoisotopic (exact) mass is 418 g/mol. The van der Waals surface area contributed by atoms with Gasteiger partial charge < -0.3 is 15.2 Å². The van der Waals surface area contributed by atoms with Crippen LogP contribution in [0.3, 0.4) is 0 Å². The molecule has 1 heterocycles. The normalized spacial score (nSPS) is 15.8. The minimum atomic E-state index is 0.202. The van der Waals surface area contributed by atoms with Gasteiger partial charge in [-0.05, 0) is 57.7 Å². The number of rotatable bonds is 7. The van der Waals surface area contributed by atoms with Crippen LogP contribution in [0.4, 0.5) is 0 Å². The highest BCUT2D eigenvalue weighted by molar-refractivity contribution is 9.10. The summed E-state index contributed by atoms with van der Waals surface area (Å²) in [6.45, 7) is 8.50. The number of nitrogens with one attached hydrogen (secondary N) is 2. The Morgan fingerprint density at radius 1 is 1.31 bits per heavy atom. The Morgan fingerprint density at radius 3 is 2.73 bits per heavy atom. The summed E-state index contributed by atoms with van der Waals surface area (Å²) in [6.07, 6.45) is 3.28. The lowest BCUT2D eigenvalue weighted by atomic mass is 9.96. The predicted octanol–water partition coefficient (Wildman–Crippen LogP) is 3.88. The van der Waals surface area contributed by atoms with Gasteiger partial charge in [0.25, 0.3) is 0 Å². The third-order valence-electron chi connectivity index (χ3n) is 5.02. The second-order valence-corrected chi connectivity index (χ2v) is 7.88. The molecule has 0 amide bonds. The van der Waals surface area contributed by atoms with Crippen LogP contribution in [-0.4, -0.2) is 30.8 Å². The van der Waals surface area contributed by atoms with E-state index in [0.717, 1.165) is 47.9 Å². The highest BCUT2D eigenvalue weighted by Gasteiger charge is 2.44. The molecule has 1 aliphatic rings. The Bertz CT molecular complexity index is 760. The van der Waals surface area contributed by atoms with Crippen molar-refractivity contribution in [2.75, 3.05) is 19.6 Å². The van der Waals surface area contributed by atoms with Crippen LogP contribution < -0.4 is 10.6 Å². The number of aromatic nitrogens is 1. The minimum absolute atomic E-state index is 0.202. The quantitative estimate of drug-likeness (QED) is 0.528.